The molecule has 0 amide bonds. The van der Waals surface area contributed by atoms with Crippen molar-refractivity contribution in [1.82, 2.24) is 0 Å². The second-order valence-electron chi connectivity index (χ2n) is 5.16. The number of para-hydroxylation sites is 1. The molecule has 0 radical (unpaired) electrons. The minimum absolute atomic E-state index is 0.190. The predicted molar refractivity (Wildman–Crippen MR) is 72.4 cm³/mol. The number of ether oxygens (including phenoxy) is 1. The number of rotatable bonds is 2. The van der Waals surface area contributed by atoms with Gasteiger partial charge in [0.1, 0.15) is 13.8 Å². The fraction of sp³-hybridized carbons (Fsp3) is 0.429. The van der Waals surface area contributed by atoms with Gasteiger partial charge in [0.15, 0.2) is 0 Å². The highest BCUT2D eigenvalue weighted by molar-refractivity contribution is 6.83. The van der Waals surface area contributed by atoms with E-state index in [1.165, 1.54) is 0 Å². The summed E-state index contributed by atoms with van der Waals surface area (Å²) < 4.78 is 5.72. The summed E-state index contributed by atoms with van der Waals surface area (Å²) in [6, 6.07) is 7.98. The maximum absolute atomic E-state index is 5.72. The molecule has 0 saturated heterocycles. The molecule has 0 N–H and O–H groups in total. The van der Waals surface area contributed by atoms with E-state index in [-0.39, 0.29) is 6.10 Å². The van der Waals surface area contributed by atoms with E-state index in [1.54, 1.807) is 0 Å². The van der Waals surface area contributed by atoms with Gasteiger partial charge in [-0.15, -0.1) is 5.54 Å². The molecule has 1 nitrogen and oxygen atoms in total. The molecule has 0 spiro atoms. The van der Waals surface area contributed by atoms with Crippen LogP contribution in [-0.2, 0) is 0 Å². The van der Waals surface area contributed by atoms with E-state index in [0.717, 1.165) is 11.3 Å². The number of hydrogen-bond donors (Lipinski definition) is 0. The third-order valence-electron chi connectivity index (χ3n) is 1.82. The molecule has 1 aromatic rings. The molecule has 2 heteroatoms. The van der Waals surface area contributed by atoms with Crippen molar-refractivity contribution in [1.29, 1.82) is 0 Å². The van der Waals surface area contributed by atoms with Crippen molar-refractivity contribution in [2.45, 2.75) is 39.6 Å². The van der Waals surface area contributed by atoms with Gasteiger partial charge in [-0.1, -0.05) is 37.7 Å². The number of benzene rings is 1. The van der Waals surface area contributed by atoms with Crippen molar-refractivity contribution in [3.63, 3.8) is 0 Å². The highest BCUT2D eigenvalue weighted by atomic mass is 28.3. The van der Waals surface area contributed by atoms with Crippen molar-refractivity contribution >= 4 is 8.07 Å². The van der Waals surface area contributed by atoms with E-state index in [9.17, 15) is 0 Å². The van der Waals surface area contributed by atoms with E-state index >= 15 is 0 Å². The molecular weight excluding hydrogens is 212 g/mol. The summed E-state index contributed by atoms with van der Waals surface area (Å²) in [5.74, 6) is 4.14. The van der Waals surface area contributed by atoms with Crippen molar-refractivity contribution < 1.29 is 4.74 Å². The highest BCUT2D eigenvalue weighted by Crippen LogP contribution is 2.18. The van der Waals surface area contributed by atoms with Crippen molar-refractivity contribution in [3.05, 3.63) is 29.8 Å². The monoisotopic (exact) mass is 232 g/mol. The molecule has 1 aromatic carbocycles. The third-order valence-corrected chi connectivity index (χ3v) is 2.70. The maximum Gasteiger partial charge on any atom is 0.135 e. The highest BCUT2D eigenvalue weighted by Gasteiger charge is 2.08. The molecule has 0 heterocycles. The molecule has 0 unspecified atom stereocenters. The first kappa shape index (κ1) is 12.9. The molecule has 0 saturated carbocycles. The molecular formula is C14H20OSi. The molecule has 16 heavy (non-hydrogen) atoms. The van der Waals surface area contributed by atoms with Gasteiger partial charge in [0, 0.05) is 0 Å². The lowest BCUT2D eigenvalue weighted by molar-refractivity contribution is 0.242. The number of hydrogen-bond acceptors (Lipinski definition) is 1. The normalized spacial score (nSPS) is 10.9. The Kier molecular flexibility index (Phi) is 4.20. The summed E-state index contributed by atoms with van der Waals surface area (Å²) in [5, 5.41) is 0. The fourth-order valence-electron chi connectivity index (χ4n) is 1.18. The van der Waals surface area contributed by atoms with E-state index in [4.69, 9.17) is 4.74 Å². The minimum atomic E-state index is -1.32. The smallest absolute Gasteiger partial charge is 0.135 e. The van der Waals surface area contributed by atoms with Gasteiger partial charge < -0.3 is 4.74 Å². The first-order chi connectivity index (χ1) is 7.38. The second-order valence-corrected chi connectivity index (χ2v) is 9.91. The molecule has 0 atom stereocenters. The molecule has 0 aromatic heterocycles. The van der Waals surface area contributed by atoms with Crippen LogP contribution in [0.3, 0.4) is 0 Å². The summed E-state index contributed by atoms with van der Waals surface area (Å²) in [5.41, 5.74) is 4.36. The van der Waals surface area contributed by atoms with E-state index in [1.807, 2.05) is 38.1 Å². The summed E-state index contributed by atoms with van der Waals surface area (Å²) in [4.78, 5) is 0. The van der Waals surface area contributed by atoms with Crippen LogP contribution in [0.1, 0.15) is 19.4 Å². The predicted octanol–water partition coefficient (Wildman–Crippen LogP) is 3.70. The van der Waals surface area contributed by atoms with Crippen molar-refractivity contribution in [3.8, 4) is 17.2 Å². The molecule has 86 valence electrons. The molecule has 0 aliphatic carbocycles. The molecule has 0 aliphatic heterocycles. The third kappa shape index (κ3) is 4.54. The molecule has 1 rings (SSSR count). The van der Waals surface area contributed by atoms with Crippen LogP contribution in [0.5, 0.6) is 5.75 Å². The van der Waals surface area contributed by atoms with Gasteiger partial charge in [-0.05, 0) is 26.0 Å². The zero-order valence-corrected chi connectivity index (χ0v) is 11.8. The minimum Gasteiger partial charge on any atom is -0.490 e. The Morgan fingerprint density at radius 3 is 2.31 bits per heavy atom. The Labute approximate surface area is 99.8 Å². The van der Waals surface area contributed by atoms with Gasteiger partial charge in [-0.3, -0.25) is 0 Å². The second kappa shape index (κ2) is 5.22. The van der Waals surface area contributed by atoms with Gasteiger partial charge in [-0.2, -0.15) is 0 Å². The average molecular weight is 232 g/mol. The van der Waals surface area contributed by atoms with Gasteiger partial charge in [-0.25, -0.2) is 0 Å². The Morgan fingerprint density at radius 1 is 1.12 bits per heavy atom. The standard InChI is InChI=1S/C14H20OSi/c1-12(2)15-14-9-7-6-8-13(14)10-11-16(3,4)5/h6-9,12H,1-5H3. The van der Waals surface area contributed by atoms with Crippen LogP contribution >= 0.6 is 0 Å². The first-order valence-corrected chi connectivity index (χ1v) is 9.17. The Bertz CT molecular complexity index is 405. The van der Waals surface area contributed by atoms with Crippen molar-refractivity contribution in [2.75, 3.05) is 0 Å². The lowest BCUT2D eigenvalue weighted by atomic mass is 10.2. The molecule has 0 fully saturated rings. The van der Waals surface area contributed by atoms with Crippen LogP contribution in [-0.4, -0.2) is 14.2 Å². The van der Waals surface area contributed by atoms with Crippen LogP contribution in [0.2, 0.25) is 19.6 Å². The average Bonchev–Trinajstić information content (AvgIpc) is 2.14. The molecule has 0 bridgehead atoms. The van der Waals surface area contributed by atoms with E-state index in [2.05, 4.69) is 31.1 Å². The van der Waals surface area contributed by atoms with E-state index in [0.29, 0.717) is 0 Å². The first-order valence-electron chi connectivity index (χ1n) is 5.67. The van der Waals surface area contributed by atoms with Crippen LogP contribution in [0.4, 0.5) is 0 Å². The zero-order chi connectivity index (χ0) is 12.2. The Hall–Kier alpha value is -1.20. The zero-order valence-electron chi connectivity index (χ0n) is 10.8. The van der Waals surface area contributed by atoms with Crippen LogP contribution in [0, 0.1) is 11.5 Å². The van der Waals surface area contributed by atoms with Crippen LogP contribution in [0.25, 0.3) is 0 Å². The Morgan fingerprint density at radius 2 is 1.75 bits per heavy atom. The maximum atomic E-state index is 5.72. The van der Waals surface area contributed by atoms with Gasteiger partial charge in [0.05, 0.1) is 11.7 Å². The largest absolute Gasteiger partial charge is 0.490 e. The Balaban J connectivity index is 2.98. The lowest BCUT2D eigenvalue weighted by Gasteiger charge is -2.11. The summed E-state index contributed by atoms with van der Waals surface area (Å²) >= 11 is 0. The fourth-order valence-corrected chi connectivity index (χ4v) is 1.69. The van der Waals surface area contributed by atoms with Crippen LogP contribution in [0.15, 0.2) is 24.3 Å². The topological polar surface area (TPSA) is 9.23 Å². The van der Waals surface area contributed by atoms with Gasteiger partial charge in [0.25, 0.3) is 0 Å². The summed E-state index contributed by atoms with van der Waals surface area (Å²) in [6.45, 7) is 10.8. The molecule has 0 aliphatic rings. The van der Waals surface area contributed by atoms with E-state index < -0.39 is 8.07 Å². The van der Waals surface area contributed by atoms with Crippen molar-refractivity contribution in [2.24, 2.45) is 0 Å². The summed E-state index contributed by atoms with van der Waals surface area (Å²) in [7, 11) is -1.32. The van der Waals surface area contributed by atoms with Gasteiger partial charge in [0.2, 0.25) is 0 Å². The quantitative estimate of drug-likeness (QED) is 0.558. The van der Waals surface area contributed by atoms with Crippen LogP contribution < -0.4 is 4.74 Å². The van der Waals surface area contributed by atoms with Gasteiger partial charge >= 0.3 is 0 Å². The SMILES string of the molecule is CC(C)Oc1ccccc1C#C[Si](C)(C)C. The lowest BCUT2D eigenvalue weighted by Crippen LogP contribution is -2.16. The summed E-state index contributed by atoms with van der Waals surface area (Å²) in [6.07, 6.45) is 0.190.